The van der Waals surface area contributed by atoms with Gasteiger partial charge in [0.15, 0.2) is 0 Å². The van der Waals surface area contributed by atoms with Crippen molar-refractivity contribution in [2.75, 3.05) is 26.1 Å². The van der Waals surface area contributed by atoms with E-state index in [-0.39, 0.29) is 24.3 Å². The number of ether oxygens (including phenoxy) is 2. The molecule has 30 heavy (non-hydrogen) atoms. The van der Waals surface area contributed by atoms with Gasteiger partial charge in [0.25, 0.3) is 0 Å². The molecule has 164 valence electrons. The van der Waals surface area contributed by atoms with Crippen molar-refractivity contribution in [3.05, 3.63) is 36.0 Å². The first-order valence-corrected chi connectivity index (χ1v) is 10.2. The number of pyridine rings is 1. The molecule has 0 radical (unpaired) electrons. The van der Waals surface area contributed by atoms with Crippen LogP contribution in [0.4, 0.5) is 10.1 Å². The van der Waals surface area contributed by atoms with Gasteiger partial charge in [0.05, 0.1) is 37.8 Å². The van der Waals surface area contributed by atoms with Gasteiger partial charge in [0.2, 0.25) is 11.8 Å². The van der Waals surface area contributed by atoms with Crippen molar-refractivity contribution >= 4 is 11.6 Å². The molecule has 0 aromatic carbocycles. The fourth-order valence-electron chi connectivity index (χ4n) is 3.98. The van der Waals surface area contributed by atoms with Crippen LogP contribution in [0, 0.1) is 17.7 Å². The number of nitrogens with zero attached hydrogens (tertiary/aromatic N) is 3. The van der Waals surface area contributed by atoms with Crippen molar-refractivity contribution in [2.45, 2.75) is 44.7 Å². The Bertz CT molecular complexity index is 851. The quantitative estimate of drug-likeness (QED) is 0.682. The molecule has 2 aromatic heterocycles. The lowest BCUT2D eigenvalue weighted by Gasteiger charge is -2.29. The standard InChI is InChI=1S/C21H30FN5O3/c1-13-4-6-14(7-5-13)19(23)20(28)26-16-10-25-27(11-16)18(12-29-2)17-8-15(22)9-24-21(17)30-3/h8-11,13-14,18-19H,4-7,12,23H2,1-3H3,(H,26,28). The van der Waals surface area contributed by atoms with Crippen molar-refractivity contribution < 1.29 is 18.7 Å². The second kappa shape index (κ2) is 9.99. The molecule has 0 spiro atoms. The molecule has 1 aliphatic rings. The molecule has 0 bridgehead atoms. The van der Waals surface area contributed by atoms with E-state index >= 15 is 0 Å². The van der Waals surface area contributed by atoms with E-state index in [1.54, 1.807) is 18.0 Å². The van der Waals surface area contributed by atoms with Crippen molar-refractivity contribution in [2.24, 2.45) is 17.6 Å². The number of nitrogens with one attached hydrogen (secondary N) is 1. The number of carbonyl (C=O) groups is 1. The number of aromatic nitrogens is 3. The van der Waals surface area contributed by atoms with Gasteiger partial charge < -0.3 is 20.5 Å². The average Bonchev–Trinajstić information content (AvgIpc) is 3.20. The molecule has 2 atom stereocenters. The van der Waals surface area contributed by atoms with E-state index in [0.29, 0.717) is 17.2 Å². The molecule has 2 heterocycles. The largest absolute Gasteiger partial charge is 0.481 e. The number of amides is 1. The maximum Gasteiger partial charge on any atom is 0.241 e. The molecule has 1 amide bonds. The fourth-order valence-corrected chi connectivity index (χ4v) is 3.98. The average molecular weight is 420 g/mol. The predicted octanol–water partition coefficient (Wildman–Crippen LogP) is 2.75. The third-order valence-corrected chi connectivity index (χ3v) is 5.78. The molecule has 0 saturated heterocycles. The first-order valence-electron chi connectivity index (χ1n) is 10.2. The van der Waals surface area contributed by atoms with Gasteiger partial charge in [-0.25, -0.2) is 9.37 Å². The van der Waals surface area contributed by atoms with E-state index in [4.69, 9.17) is 15.2 Å². The van der Waals surface area contributed by atoms with Crippen molar-refractivity contribution in [1.82, 2.24) is 14.8 Å². The van der Waals surface area contributed by atoms with Crippen LogP contribution in [0.3, 0.4) is 0 Å². The predicted molar refractivity (Wildman–Crippen MR) is 111 cm³/mol. The molecule has 0 aliphatic heterocycles. The van der Waals surface area contributed by atoms with Crippen LogP contribution in [-0.4, -0.2) is 47.5 Å². The molecule has 1 aliphatic carbocycles. The normalized spacial score (nSPS) is 21.1. The minimum atomic E-state index is -0.553. The Hall–Kier alpha value is -2.52. The molecule has 1 saturated carbocycles. The number of rotatable bonds is 8. The smallest absolute Gasteiger partial charge is 0.241 e. The molecule has 1 fully saturated rings. The lowest BCUT2D eigenvalue weighted by Crippen LogP contribution is -2.43. The molecule has 2 aromatic rings. The topological polar surface area (TPSA) is 104 Å². The lowest BCUT2D eigenvalue weighted by atomic mass is 9.79. The van der Waals surface area contributed by atoms with Crippen molar-refractivity contribution in [1.29, 1.82) is 0 Å². The van der Waals surface area contributed by atoms with E-state index < -0.39 is 17.9 Å². The van der Waals surface area contributed by atoms with Gasteiger partial charge in [-0.15, -0.1) is 0 Å². The van der Waals surface area contributed by atoms with Gasteiger partial charge in [0.1, 0.15) is 11.9 Å². The van der Waals surface area contributed by atoms with Gasteiger partial charge in [0, 0.05) is 18.9 Å². The summed E-state index contributed by atoms with van der Waals surface area (Å²) in [5, 5.41) is 7.18. The highest BCUT2D eigenvalue weighted by molar-refractivity contribution is 5.94. The Morgan fingerprint density at radius 2 is 2.07 bits per heavy atom. The molecule has 2 unspecified atom stereocenters. The van der Waals surface area contributed by atoms with Gasteiger partial charge in [-0.05, 0) is 30.7 Å². The number of methoxy groups -OCH3 is 2. The van der Waals surface area contributed by atoms with Crippen LogP contribution >= 0.6 is 0 Å². The minimum absolute atomic E-state index is 0.195. The highest BCUT2D eigenvalue weighted by atomic mass is 19.1. The Labute approximate surface area is 175 Å². The number of hydrogen-bond acceptors (Lipinski definition) is 6. The monoisotopic (exact) mass is 419 g/mol. The summed E-state index contributed by atoms with van der Waals surface area (Å²) in [5.74, 6) is 0.470. The Morgan fingerprint density at radius 1 is 1.33 bits per heavy atom. The van der Waals surface area contributed by atoms with Crippen LogP contribution in [0.15, 0.2) is 24.7 Å². The summed E-state index contributed by atoms with van der Waals surface area (Å²) < 4.78 is 26.0. The highest BCUT2D eigenvalue weighted by Gasteiger charge is 2.29. The summed E-state index contributed by atoms with van der Waals surface area (Å²) in [5.41, 5.74) is 7.23. The van der Waals surface area contributed by atoms with Crippen LogP contribution in [-0.2, 0) is 9.53 Å². The van der Waals surface area contributed by atoms with Crippen LogP contribution in [0.5, 0.6) is 5.88 Å². The summed E-state index contributed by atoms with van der Waals surface area (Å²) in [6, 6.07) is 0.311. The van der Waals surface area contributed by atoms with Crippen molar-refractivity contribution in [3.63, 3.8) is 0 Å². The second-order valence-corrected chi connectivity index (χ2v) is 7.97. The maximum absolute atomic E-state index is 13.8. The van der Waals surface area contributed by atoms with Gasteiger partial charge in [-0.3, -0.25) is 9.48 Å². The molecular formula is C21H30FN5O3. The number of anilines is 1. The van der Waals surface area contributed by atoms with Crippen LogP contribution in [0.1, 0.15) is 44.2 Å². The zero-order chi connectivity index (χ0) is 21.7. The van der Waals surface area contributed by atoms with Crippen molar-refractivity contribution in [3.8, 4) is 5.88 Å². The Balaban J connectivity index is 1.73. The third kappa shape index (κ3) is 5.14. The molecular weight excluding hydrogens is 389 g/mol. The summed E-state index contributed by atoms with van der Waals surface area (Å²) in [6.45, 7) is 2.45. The third-order valence-electron chi connectivity index (χ3n) is 5.78. The van der Waals surface area contributed by atoms with Crippen LogP contribution in [0.2, 0.25) is 0 Å². The summed E-state index contributed by atoms with van der Waals surface area (Å²) >= 11 is 0. The zero-order valence-corrected chi connectivity index (χ0v) is 17.7. The Morgan fingerprint density at radius 3 is 2.73 bits per heavy atom. The first kappa shape index (κ1) is 22.2. The van der Waals surface area contributed by atoms with Crippen LogP contribution < -0.4 is 15.8 Å². The molecule has 8 nitrogen and oxygen atoms in total. The SMILES string of the molecule is COCC(c1cc(F)cnc1OC)n1cc(NC(=O)C(N)C2CCC(C)CC2)cn1. The maximum atomic E-state index is 13.8. The number of halogens is 1. The number of hydrogen-bond donors (Lipinski definition) is 2. The highest BCUT2D eigenvalue weighted by Crippen LogP contribution is 2.31. The van der Waals surface area contributed by atoms with Gasteiger partial charge in [-0.1, -0.05) is 19.8 Å². The molecule has 3 N–H and O–H groups in total. The fraction of sp³-hybridized carbons (Fsp3) is 0.571. The van der Waals surface area contributed by atoms with E-state index in [1.165, 1.54) is 19.4 Å². The minimum Gasteiger partial charge on any atom is -0.481 e. The summed E-state index contributed by atoms with van der Waals surface area (Å²) in [6.07, 6.45) is 8.44. The Kier molecular flexibility index (Phi) is 7.38. The number of nitrogens with two attached hydrogens (primary N) is 1. The molecule has 9 heteroatoms. The summed E-state index contributed by atoms with van der Waals surface area (Å²) in [7, 11) is 3.01. The first-order chi connectivity index (χ1) is 14.4. The van der Waals surface area contributed by atoms with Crippen LogP contribution in [0.25, 0.3) is 0 Å². The van der Waals surface area contributed by atoms with E-state index in [0.717, 1.165) is 31.9 Å². The number of carbonyl (C=O) groups excluding carboxylic acids is 1. The lowest BCUT2D eigenvalue weighted by molar-refractivity contribution is -0.118. The van der Waals surface area contributed by atoms with E-state index in [1.807, 2.05) is 0 Å². The second-order valence-electron chi connectivity index (χ2n) is 7.97. The van der Waals surface area contributed by atoms with E-state index in [2.05, 4.69) is 22.3 Å². The van der Waals surface area contributed by atoms with Gasteiger partial charge in [-0.2, -0.15) is 5.10 Å². The van der Waals surface area contributed by atoms with Gasteiger partial charge >= 0.3 is 0 Å². The summed E-state index contributed by atoms with van der Waals surface area (Å²) in [4.78, 5) is 16.6. The molecule has 3 rings (SSSR count). The zero-order valence-electron chi connectivity index (χ0n) is 17.7. The van der Waals surface area contributed by atoms with E-state index in [9.17, 15) is 9.18 Å².